The molecule has 1 aromatic heterocycles. The topological polar surface area (TPSA) is 38.9 Å². The molecule has 3 heteroatoms. The van der Waals surface area contributed by atoms with Gasteiger partial charge in [0.25, 0.3) is 0 Å². The first kappa shape index (κ1) is 7.16. The zero-order chi connectivity index (χ0) is 8.55. The molecular weight excluding hydrogens is 147 g/mol. The van der Waals surface area contributed by atoms with Crippen LogP contribution in [0, 0.1) is 0 Å². The number of pyridine rings is 1. The van der Waals surface area contributed by atoms with Crippen molar-refractivity contribution in [2.75, 3.05) is 5.73 Å². The maximum absolute atomic E-state index is 5.60. The second kappa shape index (κ2) is 2.52. The van der Waals surface area contributed by atoms with E-state index in [0.29, 0.717) is 5.59 Å². The minimum absolute atomic E-state index is 0.535. The summed E-state index contributed by atoms with van der Waals surface area (Å²) in [5.74, 6) is 0. The maximum Gasteiger partial charge on any atom is 0.141 e. The standard InChI is InChI=1S/C9H7BN2/c10-9-4-1-6-5-7(11)2-3-8(6)12-9/h1-5H,11H2. The Labute approximate surface area is 71.8 Å². The molecule has 0 aliphatic rings. The first-order valence-corrected chi connectivity index (χ1v) is 3.67. The first-order valence-electron chi connectivity index (χ1n) is 3.67. The zero-order valence-electron chi connectivity index (χ0n) is 6.49. The summed E-state index contributed by atoms with van der Waals surface area (Å²) in [6.07, 6.45) is 0. The predicted molar refractivity (Wildman–Crippen MR) is 51.5 cm³/mol. The van der Waals surface area contributed by atoms with Crippen LogP contribution in [0.25, 0.3) is 10.9 Å². The average Bonchev–Trinajstić information content (AvgIpc) is 2.05. The monoisotopic (exact) mass is 154 g/mol. The van der Waals surface area contributed by atoms with Crippen molar-refractivity contribution in [1.29, 1.82) is 0 Å². The molecule has 0 atom stereocenters. The van der Waals surface area contributed by atoms with E-state index in [1.807, 2.05) is 24.3 Å². The highest BCUT2D eigenvalue weighted by molar-refractivity contribution is 6.31. The van der Waals surface area contributed by atoms with E-state index in [2.05, 4.69) is 4.98 Å². The number of hydrogen-bond donors (Lipinski definition) is 1. The molecule has 0 fully saturated rings. The Morgan fingerprint density at radius 2 is 2.00 bits per heavy atom. The van der Waals surface area contributed by atoms with Crippen molar-refractivity contribution in [1.82, 2.24) is 4.98 Å². The molecule has 2 nitrogen and oxygen atoms in total. The van der Waals surface area contributed by atoms with Gasteiger partial charge in [-0.3, -0.25) is 4.98 Å². The molecular formula is C9H7BN2. The summed E-state index contributed by atoms with van der Waals surface area (Å²) in [5, 5.41) is 1.02. The number of hydrogen-bond acceptors (Lipinski definition) is 2. The van der Waals surface area contributed by atoms with Gasteiger partial charge in [0.1, 0.15) is 7.85 Å². The van der Waals surface area contributed by atoms with E-state index in [1.165, 1.54) is 0 Å². The van der Waals surface area contributed by atoms with Gasteiger partial charge in [-0.15, -0.1) is 0 Å². The molecule has 2 radical (unpaired) electrons. The molecule has 2 rings (SSSR count). The highest BCUT2D eigenvalue weighted by Crippen LogP contribution is 2.13. The summed E-state index contributed by atoms with van der Waals surface area (Å²) in [6, 6.07) is 9.23. The molecule has 0 aliphatic carbocycles. The van der Waals surface area contributed by atoms with Crippen molar-refractivity contribution in [3.8, 4) is 0 Å². The number of fused-ring (bicyclic) bond motifs is 1. The van der Waals surface area contributed by atoms with E-state index >= 15 is 0 Å². The van der Waals surface area contributed by atoms with Crippen molar-refractivity contribution < 1.29 is 0 Å². The van der Waals surface area contributed by atoms with Gasteiger partial charge in [0, 0.05) is 11.1 Å². The van der Waals surface area contributed by atoms with Crippen molar-refractivity contribution in [2.24, 2.45) is 0 Å². The molecule has 12 heavy (non-hydrogen) atoms. The lowest BCUT2D eigenvalue weighted by molar-refractivity contribution is 1.48. The smallest absolute Gasteiger partial charge is 0.141 e. The molecule has 0 unspecified atom stereocenters. The molecule has 0 amide bonds. The maximum atomic E-state index is 5.60. The number of rotatable bonds is 0. The number of nitrogen functional groups attached to an aromatic ring is 1. The molecule has 2 aromatic rings. The summed E-state index contributed by atoms with van der Waals surface area (Å²) in [4.78, 5) is 4.14. The van der Waals surface area contributed by atoms with Crippen LogP contribution in [0.4, 0.5) is 5.69 Å². The largest absolute Gasteiger partial charge is 0.399 e. The Bertz CT molecular complexity index is 385. The fraction of sp³-hybridized carbons (Fsp3) is 0. The Hall–Kier alpha value is -1.51. The van der Waals surface area contributed by atoms with Crippen molar-refractivity contribution in [3.05, 3.63) is 30.3 Å². The van der Waals surface area contributed by atoms with E-state index in [4.69, 9.17) is 13.6 Å². The average molecular weight is 154 g/mol. The molecule has 56 valence electrons. The van der Waals surface area contributed by atoms with Crippen molar-refractivity contribution in [2.45, 2.75) is 0 Å². The number of aromatic nitrogens is 1. The summed E-state index contributed by atoms with van der Waals surface area (Å²) >= 11 is 0. The lowest BCUT2D eigenvalue weighted by atomic mass is 10.0. The van der Waals surface area contributed by atoms with Gasteiger partial charge in [-0.25, -0.2) is 0 Å². The van der Waals surface area contributed by atoms with Crippen LogP contribution in [0.3, 0.4) is 0 Å². The van der Waals surface area contributed by atoms with Crippen molar-refractivity contribution in [3.63, 3.8) is 0 Å². The molecule has 2 N–H and O–H groups in total. The Balaban J connectivity index is 2.79. The molecule has 0 spiro atoms. The van der Waals surface area contributed by atoms with Gasteiger partial charge in [-0.2, -0.15) is 0 Å². The van der Waals surface area contributed by atoms with Gasteiger partial charge < -0.3 is 5.73 Å². The fourth-order valence-electron chi connectivity index (χ4n) is 1.16. The molecule has 1 aromatic carbocycles. The van der Waals surface area contributed by atoms with Crippen molar-refractivity contribution >= 4 is 30.0 Å². The van der Waals surface area contributed by atoms with Crippen LogP contribution in [0.5, 0.6) is 0 Å². The SMILES string of the molecule is [B]c1ccc2cc(N)ccc2n1. The van der Waals surface area contributed by atoms with E-state index in [0.717, 1.165) is 16.6 Å². The third-order valence-electron chi connectivity index (χ3n) is 1.73. The van der Waals surface area contributed by atoms with Crippen LogP contribution in [0.1, 0.15) is 0 Å². The molecule has 0 saturated carbocycles. The van der Waals surface area contributed by atoms with Gasteiger partial charge in [0.05, 0.1) is 5.52 Å². The number of nitrogens with two attached hydrogens (primary N) is 1. The van der Waals surface area contributed by atoms with Crippen LogP contribution in [0.2, 0.25) is 0 Å². The van der Waals surface area contributed by atoms with Gasteiger partial charge >= 0.3 is 0 Å². The number of anilines is 1. The highest BCUT2D eigenvalue weighted by Gasteiger charge is 1.94. The molecule has 0 aliphatic heterocycles. The van der Waals surface area contributed by atoms with Crippen LogP contribution in [0.15, 0.2) is 30.3 Å². The molecule has 1 heterocycles. The predicted octanol–water partition coefficient (Wildman–Crippen LogP) is 0.611. The number of nitrogens with zero attached hydrogens (tertiary/aromatic N) is 1. The van der Waals surface area contributed by atoms with Crippen LogP contribution < -0.4 is 11.3 Å². The fourth-order valence-corrected chi connectivity index (χ4v) is 1.16. The highest BCUT2D eigenvalue weighted by atomic mass is 14.7. The van der Waals surface area contributed by atoms with E-state index in [-0.39, 0.29) is 0 Å². The van der Waals surface area contributed by atoms with Gasteiger partial charge in [0.2, 0.25) is 0 Å². The Morgan fingerprint density at radius 1 is 1.17 bits per heavy atom. The van der Waals surface area contributed by atoms with Crippen LogP contribution in [-0.4, -0.2) is 12.8 Å². The lowest BCUT2D eigenvalue weighted by Gasteiger charge is -1.99. The van der Waals surface area contributed by atoms with Gasteiger partial charge in [-0.1, -0.05) is 12.1 Å². The summed E-state index contributed by atoms with van der Waals surface area (Å²) in [6.45, 7) is 0. The minimum Gasteiger partial charge on any atom is -0.399 e. The third kappa shape index (κ3) is 1.14. The van der Waals surface area contributed by atoms with Crippen LogP contribution in [-0.2, 0) is 0 Å². The second-order valence-corrected chi connectivity index (χ2v) is 2.69. The van der Waals surface area contributed by atoms with Gasteiger partial charge in [-0.05, 0) is 23.8 Å². The van der Waals surface area contributed by atoms with E-state index in [9.17, 15) is 0 Å². The summed E-state index contributed by atoms with van der Waals surface area (Å²) in [7, 11) is 5.52. The summed E-state index contributed by atoms with van der Waals surface area (Å²) in [5.41, 5.74) is 7.76. The van der Waals surface area contributed by atoms with E-state index in [1.54, 1.807) is 6.07 Å². The Morgan fingerprint density at radius 3 is 2.83 bits per heavy atom. The minimum atomic E-state index is 0.535. The Kier molecular flexibility index (Phi) is 1.50. The normalized spacial score (nSPS) is 10.3. The third-order valence-corrected chi connectivity index (χ3v) is 1.73. The van der Waals surface area contributed by atoms with E-state index < -0.39 is 0 Å². The first-order chi connectivity index (χ1) is 5.75. The second-order valence-electron chi connectivity index (χ2n) is 2.69. The quantitative estimate of drug-likeness (QED) is 0.446. The number of benzene rings is 1. The van der Waals surface area contributed by atoms with Crippen LogP contribution >= 0.6 is 0 Å². The zero-order valence-corrected chi connectivity index (χ0v) is 6.49. The molecule has 0 saturated heterocycles. The lowest BCUT2D eigenvalue weighted by Crippen LogP contribution is -2.06. The summed E-state index contributed by atoms with van der Waals surface area (Å²) < 4.78 is 0. The molecule has 0 bridgehead atoms. The van der Waals surface area contributed by atoms with Gasteiger partial charge in [0.15, 0.2) is 0 Å².